The highest BCUT2D eigenvalue weighted by molar-refractivity contribution is 7.38. The van der Waals surface area contributed by atoms with E-state index >= 15 is 0 Å². The molecule has 0 radical (unpaired) electrons. The topological polar surface area (TPSA) is 9.23 Å². The van der Waals surface area contributed by atoms with Crippen molar-refractivity contribution in [1.29, 1.82) is 0 Å². The second-order valence-corrected chi connectivity index (χ2v) is 2.33. The second kappa shape index (κ2) is 2.20. The molecule has 6 heavy (non-hydrogen) atoms. The summed E-state index contributed by atoms with van der Waals surface area (Å²) >= 11 is 0. The van der Waals surface area contributed by atoms with Crippen molar-refractivity contribution >= 4 is 8.58 Å². The summed E-state index contributed by atoms with van der Waals surface area (Å²) in [4.78, 5) is 0. The first-order chi connectivity index (χ1) is 3.00. The molecule has 0 bridgehead atoms. The first-order valence-corrected chi connectivity index (χ1v) is 3.39. The zero-order valence-electron chi connectivity index (χ0n) is 3.48. The van der Waals surface area contributed by atoms with E-state index in [0.717, 1.165) is 14.9 Å². The first-order valence-electron chi connectivity index (χ1n) is 1.97. The van der Waals surface area contributed by atoms with Crippen LogP contribution >= 0.6 is 8.58 Å². The van der Waals surface area contributed by atoms with Crippen LogP contribution in [-0.4, -0.2) is 12.5 Å². The number of rotatable bonds is 0. The highest BCUT2D eigenvalue weighted by Gasteiger charge is 1.86. The Morgan fingerprint density at radius 1 is 1.67 bits per heavy atom. The van der Waals surface area contributed by atoms with Gasteiger partial charge in [0.1, 0.15) is 6.35 Å². The molecule has 0 amide bonds. The smallest absolute Gasteiger partial charge is 0.103 e. The second-order valence-electron chi connectivity index (χ2n) is 1.14. The third kappa shape index (κ3) is 0.983. The largest absolute Gasteiger partial charge is 0.497 e. The van der Waals surface area contributed by atoms with E-state index in [1.807, 2.05) is 0 Å². The fourth-order valence-electron chi connectivity index (χ4n) is 0.365. The van der Waals surface area contributed by atoms with Crippen LogP contribution in [0.4, 0.5) is 0 Å². The van der Waals surface area contributed by atoms with Crippen LogP contribution in [0.25, 0.3) is 0 Å². The van der Waals surface area contributed by atoms with Crippen molar-refractivity contribution in [3.63, 3.8) is 0 Å². The maximum Gasteiger partial charge on any atom is 0.103 e. The Morgan fingerprint density at radius 2 is 2.67 bits per heavy atom. The quantitative estimate of drug-likeness (QED) is 0.417. The van der Waals surface area contributed by atoms with Gasteiger partial charge < -0.3 is 4.74 Å². The summed E-state index contributed by atoms with van der Waals surface area (Å²) in [6, 6.07) is 0. The summed E-state index contributed by atoms with van der Waals surface area (Å²) in [7, 11) is 0.993. The molecule has 0 aliphatic carbocycles. The normalized spacial score (nSPS) is 24.0. The fourth-order valence-corrected chi connectivity index (χ4v) is 0.960. The first kappa shape index (κ1) is 4.14. The maximum absolute atomic E-state index is 4.90. The Labute approximate surface area is 39.2 Å². The number of allylic oxidation sites excluding steroid dienone is 1. The van der Waals surface area contributed by atoms with Crippen LogP contribution in [0.15, 0.2) is 12.3 Å². The van der Waals surface area contributed by atoms with E-state index < -0.39 is 0 Å². The molecule has 0 fully saturated rings. The average molecular weight is 102 g/mol. The minimum atomic E-state index is 0.941. The third-order valence-corrected chi connectivity index (χ3v) is 1.54. The lowest BCUT2D eigenvalue weighted by Gasteiger charge is -2.02. The molecule has 2 heteroatoms. The van der Waals surface area contributed by atoms with E-state index in [1.54, 1.807) is 6.26 Å². The molecule has 1 heterocycles. The molecular formula is C4H7OP. The predicted molar refractivity (Wildman–Crippen MR) is 28.3 cm³/mol. The molecule has 1 rings (SSSR count). The summed E-state index contributed by atoms with van der Waals surface area (Å²) < 4.78 is 4.90. The van der Waals surface area contributed by atoms with Gasteiger partial charge in [-0.3, -0.25) is 0 Å². The van der Waals surface area contributed by atoms with Crippen molar-refractivity contribution in [2.24, 2.45) is 0 Å². The van der Waals surface area contributed by atoms with E-state index in [9.17, 15) is 0 Å². The molecule has 1 nitrogen and oxygen atoms in total. The Kier molecular flexibility index (Phi) is 1.52. The van der Waals surface area contributed by atoms with Crippen LogP contribution < -0.4 is 0 Å². The molecule has 0 aromatic rings. The van der Waals surface area contributed by atoms with Gasteiger partial charge in [0, 0.05) is 0 Å². The van der Waals surface area contributed by atoms with Crippen LogP contribution in [0, 0.1) is 0 Å². The lowest BCUT2D eigenvalue weighted by Crippen LogP contribution is -1.84. The van der Waals surface area contributed by atoms with Gasteiger partial charge in [0.15, 0.2) is 0 Å². The summed E-state index contributed by atoms with van der Waals surface area (Å²) in [5, 5.41) is 0. The van der Waals surface area contributed by atoms with Crippen LogP contribution in [-0.2, 0) is 4.74 Å². The Bertz CT molecular complexity index is 52.6. The van der Waals surface area contributed by atoms with Crippen molar-refractivity contribution < 1.29 is 4.74 Å². The third-order valence-electron chi connectivity index (χ3n) is 0.640. The zero-order valence-corrected chi connectivity index (χ0v) is 4.48. The highest BCUT2D eigenvalue weighted by atomic mass is 31.1. The van der Waals surface area contributed by atoms with Gasteiger partial charge in [0.05, 0.1) is 6.26 Å². The van der Waals surface area contributed by atoms with Gasteiger partial charge in [-0.25, -0.2) is 0 Å². The average Bonchev–Trinajstić information content (AvgIpc) is 1.72. The van der Waals surface area contributed by atoms with Crippen molar-refractivity contribution in [2.75, 3.05) is 12.5 Å². The van der Waals surface area contributed by atoms with Gasteiger partial charge in [-0.15, -0.1) is 0 Å². The fraction of sp³-hybridized carbons (Fsp3) is 0.500. The van der Waals surface area contributed by atoms with Crippen LogP contribution in [0.3, 0.4) is 0 Å². The molecule has 0 N–H and O–H groups in total. The lowest BCUT2D eigenvalue weighted by atomic mass is 10.7. The van der Waals surface area contributed by atoms with Gasteiger partial charge >= 0.3 is 0 Å². The zero-order chi connectivity index (χ0) is 4.24. The number of hydrogen-bond acceptors (Lipinski definition) is 1. The minimum Gasteiger partial charge on any atom is -0.497 e. The molecule has 1 atom stereocenters. The Morgan fingerprint density at radius 3 is 2.83 bits per heavy atom. The Hall–Kier alpha value is -0.0300. The molecule has 34 valence electrons. The summed E-state index contributed by atoms with van der Waals surface area (Å²) in [6.07, 6.45) is 5.99. The van der Waals surface area contributed by atoms with Crippen molar-refractivity contribution in [2.45, 2.75) is 0 Å². The van der Waals surface area contributed by atoms with E-state index in [4.69, 9.17) is 4.74 Å². The maximum atomic E-state index is 4.90. The van der Waals surface area contributed by atoms with E-state index in [-0.39, 0.29) is 0 Å². The van der Waals surface area contributed by atoms with Crippen molar-refractivity contribution in [1.82, 2.24) is 0 Å². The standard InChI is InChI=1S/C4H7OP/c1-2-5-4-6-3-1/h1-2,6H,3-4H2. The molecule has 1 aliphatic heterocycles. The van der Waals surface area contributed by atoms with Crippen molar-refractivity contribution in [3.05, 3.63) is 12.3 Å². The van der Waals surface area contributed by atoms with E-state index in [2.05, 4.69) is 6.08 Å². The summed E-state index contributed by atoms with van der Waals surface area (Å²) in [5.41, 5.74) is 0. The Balaban J connectivity index is 2.26. The molecule has 0 spiro atoms. The van der Waals surface area contributed by atoms with E-state index in [0.29, 0.717) is 0 Å². The SMILES string of the molecule is C1=COCPC1. The summed E-state index contributed by atoms with van der Waals surface area (Å²) in [5.74, 6) is 0. The van der Waals surface area contributed by atoms with E-state index in [1.165, 1.54) is 6.16 Å². The molecule has 0 saturated heterocycles. The van der Waals surface area contributed by atoms with Crippen LogP contribution in [0.5, 0.6) is 0 Å². The van der Waals surface area contributed by atoms with Gasteiger partial charge in [-0.1, -0.05) is 8.58 Å². The molecular weight excluding hydrogens is 95.0 g/mol. The van der Waals surface area contributed by atoms with Gasteiger partial charge in [-0.05, 0) is 12.2 Å². The molecule has 0 aromatic carbocycles. The van der Waals surface area contributed by atoms with Gasteiger partial charge in [-0.2, -0.15) is 0 Å². The van der Waals surface area contributed by atoms with Crippen molar-refractivity contribution in [3.8, 4) is 0 Å². The number of hydrogen-bond donors (Lipinski definition) is 0. The molecule has 1 unspecified atom stereocenters. The number of ether oxygens (including phenoxy) is 1. The lowest BCUT2D eigenvalue weighted by molar-refractivity contribution is 0.311. The van der Waals surface area contributed by atoms with Gasteiger partial charge in [0.25, 0.3) is 0 Å². The monoisotopic (exact) mass is 102 g/mol. The molecule has 0 saturated carbocycles. The molecule has 0 aromatic heterocycles. The van der Waals surface area contributed by atoms with Crippen LogP contribution in [0.1, 0.15) is 0 Å². The molecule has 1 aliphatic rings. The predicted octanol–water partition coefficient (Wildman–Crippen LogP) is 1.17. The summed E-state index contributed by atoms with van der Waals surface area (Å²) in [6.45, 7) is 0. The van der Waals surface area contributed by atoms with Gasteiger partial charge in [0.2, 0.25) is 0 Å². The minimum absolute atomic E-state index is 0.941. The van der Waals surface area contributed by atoms with Crippen LogP contribution in [0.2, 0.25) is 0 Å². The highest BCUT2D eigenvalue weighted by Crippen LogP contribution is 2.13.